The van der Waals surface area contributed by atoms with Crippen molar-refractivity contribution in [2.24, 2.45) is 11.8 Å². The summed E-state index contributed by atoms with van der Waals surface area (Å²) in [7, 11) is 2.23. The molecule has 2 unspecified atom stereocenters. The molecule has 2 atom stereocenters. The van der Waals surface area contributed by atoms with Crippen molar-refractivity contribution in [3.05, 3.63) is 18.1 Å². The van der Waals surface area contributed by atoms with Crippen LogP contribution in [0, 0.1) is 11.8 Å². The molecule has 2 aliphatic heterocycles. The van der Waals surface area contributed by atoms with E-state index in [1.54, 1.807) is 6.33 Å². The topological polar surface area (TPSA) is 32.3 Å². The lowest BCUT2D eigenvalue weighted by atomic mass is 10.0. The summed E-state index contributed by atoms with van der Waals surface area (Å²) in [6.07, 6.45) is 4.38. The lowest BCUT2D eigenvalue weighted by Gasteiger charge is -2.20. The highest BCUT2D eigenvalue weighted by Gasteiger charge is 2.39. The number of aromatic nitrogens is 2. The Labute approximate surface area is 108 Å². The molecule has 1 aliphatic carbocycles. The molecule has 4 rings (SSSR count). The van der Waals surface area contributed by atoms with Crippen molar-refractivity contribution in [1.29, 1.82) is 0 Å². The lowest BCUT2D eigenvalue weighted by Crippen LogP contribution is -2.27. The number of likely N-dealkylation sites (tertiary alicyclic amines) is 1. The molecule has 18 heavy (non-hydrogen) atoms. The van der Waals surface area contributed by atoms with Crippen LogP contribution in [-0.2, 0) is 0 Å². The van der Waals surface area contributed by atoms with Crippen molar-refractivity contribution in [2.75, 3.05) is 38.1 Å². The van der Waals surface area contributed by atoms with E-state index in [9.17, 15) is 0 Å². The smallest absolute Gasteiger partial charge is 0.132 e. The Hall–Kier alpha value is -1.16. The first-order chi connectivity index (χ1) is 8.79. The number of hydrogen-bond donors (Lipinski definition) is 0. The molecule has 0 N–H and O–H groups in total. The largest absolute Gasteiger partial charge is 0.356 e. The third-order valence-electron chi connectivity index (χ3n) is 4.66. The van der Waals surface area contributed by atoms with Gasteiger partial charge in [0.15, 0.2) is 0 Å². The first-order valence-corrected chi connectivity index (χ1v) is 7.05. The third kappa shape index (κ3) is 1.79. The fraction of sp³-hybridized carbons (Fsp3) is 0.714. The number of anilines is 1. The van der Waals surface area contributed by atoms with Crippen LogP contribution < -0.4 is 4.90 Å². The first-order valence-electron chi connectivity index (χ1n) is 7.05. The Kier molecular flexibility index (Phi) is 2.34. The van der Waals surface area contributed by atoms with Gasteiger partial charge >= 0.3 is 0 Å². The molecular weight excluding hydrogens is 224 g/mol. The van der Waals surface area contributed by atoms with E-state index in [0.29, 0.717) is 0 Å². The molecule has 0 amide bonds. The van der Waals surface area contributed by atoms with Gasteiger partial charge in [0.25, 0.3) is 0 Å². The molecule has 0 bridgehead atoms. The molecule has 1 aromatic heterocycles. The van der Waals surface area contributed by atoms with E-state index in [-0.39, 0.29) is 0 Å². The van der Waals surface area contributed by atoms with Crippen LogP contribution in [0.15, 0.2) is 12.4 Å². The standard InChI is InChI=1S/C14H20N4/c1-17-5-11-7-18(8-12(11)6-17)14-4-13(10-2-3-10)15-9-16-14/h4,9-12H,2-3,5-8H2,1H3. The van der Waals surface area contributed by atoms with E-state index < -0.39 is 0 Å². The van der Waals surface area contributed by atoms with Crippen LogP contribution in [0.25, 0.3) is 0 Å². The van der Waals surface area contributed by atoms with Gasteiger partial charge in [0.2, 0.25) is 0 Å². The van der Waals surface area contributed by atoms with Crippen LogP contribution in [-0.4, -0.2) is 48.1 Å². The molecular formula is C14H20N4. The second-order valence-electron chi connectivity index (χ2n) is 6.22. The molecule has 0 aromatic carbocycles. The molecule has 0 spiro atoms. The van der Waals surface area contributed by atoms with Gasteiger partial charge in [0, 0.05) is 43.9 Å². The van der Waals surface area contributed by atoms with Crippen molar-refractivity contribution in [3.63, 3.8) is 0 Å². The van der Waals surface area contributed by atoms with Crippen molar-refractivity contribution in [3.8, 4) is 0 Å². The fourth-order valence-electron chi connectivity index (χ4n) is 3.55. The third-order valence-corrected chi connectivity index (χ3v) is 4.66. The molecule has 96 valence electrons. The van der Waals surface area contributed by atoms with E-state index in [1.807, 2.05) is 0 Å². The van der Waals surface area contributed by atoms with Gasteiger partial charge in [0.1, 0.15) is 12.1 Å². The van der Waals surface area contributed by atoms with Gasteiger partial charge in [-0.05, 0) is 31.7 Å². The highest BCUT2D eigenvalue weighted by molar-refractivity contribution is 5.42. The van der Waals surface area contributed by atoms with Crippen molar-refractivity contribution < 1.29 is 0 Å². The molecule has 0 radical (unpaired) electrons. The Bertz CT molecular complexity index is 443. The summed E-state index contributed by atoms with van der Waals surface area (Å²) in [5.41, 5.74) is 1.26. The quantitative estimate of drug-likeness (QED) is 0.786. The van der Waals surface area contributed by atoms with Crippen LogP contribution >= 0.6 is 0 Å². The summed E-state index contributed by atoms with van der Waals surface area (Å²) in [6.45, 7) is 4.86. The van der Waals surface area contributed by atoms with Gasteiger partial charge in [0.05, 0.1) is 0 Å². The summed E-state index contributed by atoms with van der Waals surface area (Å²) >= 11 is 0. The zero-order valence-electron chi connectivity index (χ0n) is 10.9. The minimum Gasteiger partial charge on any atom is -0.356 e. The zero-order valence-corrected chi connectivity index (χ0v) is 10.9. The normalized spacial score (nSPS) is 31.9. The van der Waals surface area contributed by atoms with Crippen LogP contribution in [0.1, 0.15) is 24.5 Å². The van der Waals surface area contributed by atoms with Crippen molar-refractivity contribution in [1.82, 2.24) is 14.9 Å². The van der Waals surface area contributed by atoms with Crippen molar-refractivity contribution >= 4 is 5.82 Å². The highest BCUT2D eigenvalue weighted by atomic mass is 15.3. The summed E-state index contributed by atoms with van der Waals surface area (Å²) in [5.74, 6) is 3.56. The molecule has 1 aromatic rings. The average Bonchev–Trinajstić information content (AvgIpc) is 3.06. The van der Waals surface area contributed by atoms with Crippen molar-refractivity contribution in [2.45, 2.75) is 18.8 Å². The molecule has 4 heteroatoms. The van der Waals surface area contributed by atoms with Gasteiger partial charge in [-0.2, -0.15) is 0 Å². The fourth-order valence-corrected chi connectivity index (χ4v) is 3.55. The summed E-state index contributed by atoms with van der Waals surface area (Å²) in [5, 5.41) is 0. The van der Waals surface area contributed by atoms with Gasteiger partial charge in [-0.1, -0.05) is 0 Å². The van der Waals surface area contributed by atoms with Crippen LogP contribution in [0.4, 0.5) is 5.82 Å². The van der Waals surface area contributed by atoms with E-state index in [4.69, 9.17) is 0 Å². The average molecular weight is 244 g/mol. The Morgan fingerprint density at radius 1 is 1.06 bits per heavy atom. The van der Waals surface area contributed by atoms with E-state index in [2.05, 4.69) is 32.9 Å². The summed E-state index contributed by atoms with van der Waals surface area (Å²) < 4.78 is 0. The first kappa shape index (κ1) is 10.7. The second-order valence-corrected chi connectivity index (χ2v) is 6.22. The molecule has 2 saturated heterocycles. The number of nitrogens with zero attached hydrogens (tertiary/aromatic N) is 4. The second kappa shape index (κ2) is 3.92. The maximum absolute atomic E-state index is 4.48. The van der Waals surface area contributed by atoms with E-state index in [0.717, 1.165) is 23.6 Å². The number of hydrogen-bond acceptors (Lipinski definition) is 4. The zero-order chi connectivity index (χ0) is 12.1. The Morgan fingerprint density at radius 3 is 2.44 bits per heavy atom. The van der Waals surface area contributed by atoms with E-state index in [1.165, 1.54) is 44.7 Å². The predicted octanol–water partition coefficient (Wildman–Crippen LogP) is 1.35. The molecule has 4 nitrogen and oxygen atoms in total. The minimum absolute atomic E-state index is 0.722. The van der Waals surface area contributed by atoms with Gasteiger partial charge in [-0.25, -0.2) is 9.97 Å². The molecule has 1 saturated carbocycles. The highest BCUT2D eigenvalue weighted by Crippen LogP contribution is 2.40. The van der Waals surface area contributed by atoms with Crippen LogP contribution in [0.2, 0.25) is 0 Å². The minimum atomic E-state index is 0.722. The lowest BCUT2D eigenvalue weighted by molar-refractivity contribution is 0.387. The van der Waals surface area contributed by atoms with Gasteiger partial charge in [-0.3, -0.25) is 0 Å². The van der Waals surface area contributed by atoms with Gasteiger partial charge in [-0.15, -0.1) is 0 Å². The summed E-state index contributed by atoms with van der Waals surface area (Å²) in [4.78, 5) is 13.8. The SMILES string of the molecule is CN1CC2CN(c3cc(C4CC4)ncn3)CC2C1. The van der Waals surface area contributed by atoms with Crippen LogP contribution in [0.5, 0.6) is 0 Å². The van der Waals surface area contributed by atoms with Gasteiger partial charge < -0.3 is 9.80 Å². The summed E-state index contributed by atoms with van der Waals surface area (Å²) in [6, 6.07) is 2.22. The molecule has 3 heterocycles. The van der Waals surface area contributed by atoms with E-state index >= 15 is 0 Å². The monoisotopic (exact) mass is 244 g/mol. The van der Waals surface area contributed by atoms with Crippen LogP contribution in [0.3, 0.4) is 0 Å². The number of rotatable bonds is 2. The Morgan fingerprint density at radius 2 is 1.78 bits per heavy atom. The molecule has 3 fully saturated rings. The maximum Gasteiger partial charge on any atom is 0.132 e. The number of fused-ring (bicyclic) bond motifs is 1. The Balaban J connectivity index is 1.52. The predicted molar refractivity (Wildman–Crippen MR) is 70.7 cm³/mol. The molecule has 3 aliphatic rings. The maximum atomic E-state index is 4.48.